The van der Waals surface area contributed by atoms with Crippen LogP contribution in [0.4, 0.5) is 34.1 Å². The van der Waals surface area contributed by atoms with Crippen LogP contribution in [-0.2, 0) is 27.1 Å². The molecule has 3 nitrogen and oxygen atoms in total. The van der Waals surface area contributed by atoms with Gasteiger partial charge in [0.15, 0.2) is 0 Å². The quantitative estimate of drug-likeness (QED) is 0.159. The molecule has 3 aliphatic rings. The molecular formula is C69H70BN3. The molecule has 4 heteroatoms. The van der Waals surface area contributed by atoms with Crippen LogP contribution < -0.4 is 26.2 Å². The van der Waals surface area contributed by atoms with Crippen LogP contribution in [0.2, 0.25) is 0 Å². The summed E-state index contributed by atoms with van der Waals surface area (Å²) in [5.74, 6) is 0. The van der Waals surface area contributed by atoms with Crippen LogP contribution in [0.25, 0.3) is 39.0 Å². The average Bonchev–Trinajstić information content (AvgIpc) is 3.86. The number of anilines is 6. The molecule has 2 aliphatic heterocycles. The molecule has 0 radical (unpaired) electrons. The molecule has 0 spiro atoms. The van der Waals surface area contributed by atoms with Gasteiger partial charge in [0.1, 0.15) is 0 Å². The largest absolute Gasteiger partial charge is 0.311 e. The van der Waals surface area contributed by atoms with E-state index in [4.69, 9.17) is 0 Å². The van der Waals surface area contributed by atoms with Gasteiger partial charge in [0.25, 0.3) is 6.71 Å². The van der Waals surface area contributed by atoms with E-state index in [0.717, 1.165) is 17.1 Å². The first-order chi connectivity index (χ1) is 34.5. The van der Waals surface area contributed by atoms with Gasteiger partial charge in [-0.15, -0.1) is 0 Å². The van der Waals surface area contributed by atoms with Gasteiger partial charge in [0.2, 0.25) is 0 Å². The van der Waals surface area contributed by atoms with Crippen molar-refractivity contribution in [3.8, 4) is 28.1 Å². The number of hydrogen-bond acceptors (Lipinski definition) is 2. The lowest BCUT2D eigenvalue weighted by atomic mass is 9.33. The van der Waals surface area contributed by atoms with Crippen LogP contribution in [-0.4, -0.2) is 11.3 Å². The average molecular weight is 952 g/mol. The smallest absolute Gasteiger partial charge is 0.252 e. The summed E-state index contributed by atoms with van der Waals surface area (Å²) < 4.78 is 2.70. The molecule has 0 bridgehead atoms. The second-order valence-corrected chi connectivity index (χ2v) is 25.9. The van der Waals surface area contributed by atoms with Gasteiger partial charge in [-0.05, 0) is 132 Å². The van der Waals surface area contributed by atoms with E-state index in [1.165, 1.54) is 106 Å². The summed E-state index contributed by atoms with van der Waals surface area (Å²) in [4.78, 5) is 5.18. The third-order valence-corrected chi connectivity index (χ3v) is 16.6. The Morgan fingerprint density at radius 2 is 0.973 bits per heavy atom. The molecule has 0 fully saturated rings. The van der Waals surface area contributed by atoms with E-state index in [1.54, 1.807) is 0 Å². The van der Waals surface area contributed by atoms with Crippen molar-refractivity contribution in [1.29, 1.82) is 0 Å². The van der Waals surface area contributed by atoms with Gasteiger partial charge >= 0.3 is 0 Å². The van der Waals surface area contributed by atoms with E-state index >= 15 is 0 Å². The molecule has 12 rings (SSSR count). The monoisotopic (exact) mass is 952 g/mol. The van der Waals surface area contributed by atoms with Gasteiger partial charge in [-0.3, -0.25) is 0 Å². The predicted octanol–water partition coefficient (Wildman–Crippen LogP) is 16.9. The summed E-state index contributed by atoms with van der Waals surface area (Å²) in [6.45, 7) is 32.7. The highest BCUT2D eigenvalue weighted by Gasteiger charge is 2.48. The van der Waals surface area contributed by atoms with Crippen molar-refractivity contribution in [2.75, 3.05) is 9.80 Å². The van der Waals surface area contributed by atoms with E-state index in [-0.39, 0.29) is 33.8 Å². The van der Waals surface area contributed by atoms with E-state index in [9.17, 15) is 0 Å². The molecule has 1 aliphatic carbocycles. The van der Waals surface area contributed by atoms with Crippen LogP contribution in [0.5, 0.6) is 0 Å². The number of benzene rings is 8. The van der Waals surface area contributed by atoms with Gasteiger partial charge in [-0.25, -0.2) is 0 Å². The molecule has 0 N–H and O–H groups in total. The fourth-order valence-electron chi connectivity index (χ4n) is 12.5. The summed E-state index contributed by atoms with van der Waals surface area (Å²) >= 11 is 0. The Morgan fingerprint density at radius 3 is 1.59 bits per heavy atom. The zero-order valence-corrected chi connectivity index (χ0v) is 45.6. The lowest BCUT2D eigenvalue weighted by Gasteiger charge is -2.43. The summed E-state index contributed by atoms with van der Waals surface area (Å²) in [5, 5.41) is 1.35. The van der Waals surface area contributed by atoms with Gasteiger partial charge in [-0.1, -0.05) is 212 Å². The summed E-state index contributed by atoms with van der Waals surface area (Å²) in [5.41, 5.74) is 26.4. The first-order valence-corrected chi connectivity index (χ1v) is 26.6. The van der Waals surface area contributed by atoms with Crippen molar-refractivity contribution in [2.45, 2.75) is 124 Å². The van der Waals surface area contributed by atoms with E-state index in [1.807, 2.05) is 0 Å². The molecule has 1 aromatic heterocycles. The molecule has 9 aromatic rings. The number of aromatic nitrogens is 1. The SMILES string of the molecule is CC(C)(C)c1ccc(N(c2ccc(C(C)(C)C)cc2)c2cc3c4c(c2)-n2c5c(c6cccc(c62)B4c2ccc(C(C)(C)C)cc2N3c2ccc(C(C)(C)C)cc2-c2ccccc2)C(C)(C)c2ccccc2-5)cc1. The van der Waals surface area contributed by atoms with E-state index in [2.05, 4.69) is 281 Å². The molecular weight excluding hydrogens is 882 g/mol. The van der Waals surface area contributed by atoms with E-state index < -0.39 is 0 Å². The van der Waals surface area contributed by atoms with Crippen LogP contribution in [0.15, 0.2) is 170 Å². The number of hydrogen-bond donors (Lipinski definition) is 0. The highest BCUT2D eigenvalue weighted by Crippen LogP contribution is 2.56. The Hall–Kier alpha value is -7.04. The molecule has 73 heavy (non-hydrogen) atoms. The van der Waals surface area contributed by atoms with Crippen LogP contribution >= 0.6 is 0 Å². The Kier molecular flexibility index (Phi) is 10.3. The van der Waals surface area contributed by atoms with Crippen molar-refractivity contribution in [2.24, 2.45) is 0 Å². The fourth-order valence-corrected chi connectivity index (χ4v) is 12.5. The highest BCUT2D eigenvalue weighted by atomic mass is 15.2. The van der Waals surface area contributed by atoms with Crippen molar-refractivity contribution in [3.05, 3.63) is 203 Å². The Balaban J connectivity index is 1.25. The van der Waals surface area contributed by atoms with E-state index in [0.29, 0.717) is 0 Å². The number of nitrogens with zero attached hydrogens (tertiary/aromatic N) is 3. The minimum absolute atomic E-state index is 0.0106. The normalized spacial score (nSPS) is 14.5. The fraction of sp³-hybridized carbons (Fsp3) is 0.275. The second-order valence-electron chi connectivity index (χ2n) is 25.9. The summed E-state index contributed by atoms with van der Waals surface area (Å²) in [6.07, 6.45) is 0. The number of rotatable bonds is 5. The molecule has 0 saturated heterocycles. The maximum Gasteiger partial charge on any atom is 0.252 e. The summed E-state index contributed by atoms with van der Waals surface area (Å²) in [7, 11) is 0. The van der Waals surface area contributed by atoms with Gasteiger partial charge in [-0.2, -0.15) is 0 Å². The Morgan fingerprint density at radius 1 is 0.425 bits per heavy atom. The van der Waals surface area contributed by atoms with Crippen LogP contribution in [0, 0.1) is 0 Å². The third-order valence-electron chi connectivity index (χ3n) is 16.6. The van der Waals surface area contributed by atoms with Crippen molar-refractivity contribution in [3.63, 3.8) is 0 Å². The zero-order chi connectivity index (χ0) is 51.3. The molecule has 3 heterocycles. The van der Waals surface area contributed by atoms with Gasteiger partial charge in [0, 0.05) is 55.9 Å². The Bertz CT molecular complexity index is 3620. The zero-order valence-electron chi connectivity index (χ0n) is 45.6. The molecule has 364 valence electrons. The lowest BCUT2D eigenvalue weighted by Crippen LogP contribution is -2.60. The lowest BCUT2D eigenvalue weighted by molar-refractivity contribution is 0.590. The third kappa shape index (κ3) is 7.29. The first-order valence-electron chi connectivity index (χ1n) is 26.6. The first kappa shape index (κ1) is 47.0. The molecule has 0 atom stereocenters. The number of fused-ring (bicyclic) bond motifs is 9. The predicted molar refractivity (Wildman–Crippen MR) is 315 cm³/mol. The molecule has 0 saturated carbocycles. The second kappa shape index (κ2) is 16.0. The van der Waals surface area contributed by atoms with Crippen LogP contribution in [0.1, 0.15) is 130 Å². The topological polar surface area (TPSA) is 11.4 Å². The highest BCUT2D eigenvalue weighted by molar-refractivity contribution is 7.00. The van der Waals surface area contributed by atoms with Gasteiger partial charge < -0.3 is 14.4 Å². The maximum absolute atomic E-state index is 2.70. The summed E-state index contributed by atoms with van der Waals surface area (Å²) in [6, 6.07) is 65.9. The molecule has 0 unspecified atom stereocenters. The molecule has 0 amide bonds. The van der Waals surface area contributed by atoms with Crippen LogP contribution in [0.3, 0.4) is 0 Å². The number of para-hydroxylation sites is 1. The minimum atomic E-state index is -0.199. The van der Waals surface area contributed by atoms with Crippen molar-refractivity contribution in [1.82, 2.24) is 4.57 Å². The van der Waals surface area contributed by atoms with Crippen molar-refractivity contribution < 1.29 is 0 Å². The maximum atomic E-state index is 2.70. The van der Waals surface area contributed by atoms with Crippen molar-refractivity contribution >= 4 is 68.1 Å². The minimum Gasteiger partial charge on any atom is -0.311 e. The van der Waals surface area contributed by atoms with Gasteiger partial charge in [0.05, 0.1) is 17.1 Å². The molecule has 8 aromatic carbocycles. The Labute approximate surface area is 435 Å². The standard InChI is InChI=1S/C69H70BN3/c1-65(2,3)44-27-33-48(34-28-44)71(49-35-29-45(30-36-49)66(4,5)6)50-41-59-62-60(42-50)73-63-52(61-64(73)51-23-18-19-25-54(51)69(61,13)14)24-20-26-56(63)70(62)55-37-31-47(68(10,11)12)40-58(55)72(59)57-38-32-46(67(7,8)9)39-53(57)43-21-16-15-17-22-43/h15-42H,1-14H3.